The number of benzene rings is 5. The fraction of sp³-hybridized carbons (Fsp3) is 0.250. The van der Waals surface area contributed by atoms with E-state index in [-0.39, 0.29) is 10.8 Å². The minimum atomic E-state index is -3.95. The van der Waals surface area contributed by atoms with Crippen LogP contribution in [0.5, 0.6) is 0 Å². The zero-order valence-corrected chi connectivity index (χ0v) is 29.6. The molecule has 1 unspecified atom stereocenters. The maximum absolute atomic E-state index is 13.7. The number of aliphatic hydroxyl groups excluding tert-OH is 2. The summed E-state index contributed by atoms with van der Waals surface area (Å²) in [6.07, 6.45) is -3.84. The second-order valence-electron chi connectivity index (χ2n) is 13.0. The second-order valence-corrected chi connectivity index (χ2v) is 14.7. The molecule has 11 nitrogen and oxygen atoms in total. The van der Waals surface area contributed by atoms with Gasteiger partial charge in [-0.1, -0.05) is 91.0 Å². The van der Waals surface area contributed by atoms with Gasteiger partial charge in [0.2, 0.25) is 10.0 Å². The minimum absolute atomic E-state index is 0.0278. The molecule has 1 amide bonds. The van der Waals surface area contributed by atoms with Crippen LogP contribution in [-0.4, -0.2) is 65.5 Å². The van der Waals surface area contributed by atoms with Gasteiger partial charge >= 0.3 is 0 Å². The number of imidazole rings is 1. The molecule has 1 fully saturated rings. The predicted octanol–water partition coefficient (Wildman–Crippen LogP) is 5.23. The Hall–Kier alpha value is -5.11. The van der Waals surface area contributed by atoms with E-state index >= 15 is 0 Å². The highest BCUT2D eigenvalue weighted by Crippen LogP contribution is 2.36. The number of nitrogens with one attached hydrogen (secondary N) is 3. The first kappa shape index (κ1) is 35.3. The predicted molar refractivity (Wildman–Crippen MR) is 200 cm³/mol. The summed E-state index contributed by atoms with van der Waals surface area (Å²) < 4.78 is 37.8. The number of aromatic nitrogens is 2. The lowest BCUT2D eigenvalue weighted by Crippen LogP contribution is -2.42. The fourth-order valence-corrected chi connectivity index (χ4v) is 8.11. The lowest BCUT2D eigenvalue weighted by Gasteiger charge is -2.22. The number of carbonyl (C=O) groups excluding carboxylic acids is 1. The van der Waals surface area contributed by atoms with Crippen LogP contribution < -0.4 is 15.4 Å². The maximum Gasteiger partial charge on any atom is 0.252 e. The Balaban J connectivity index is 1.26. The number of hydrogen-bond acceptors (Lipinski definition) is 8. The number of hydrogen-bond donors (Lipinski definition) is 5. The largest absolute Gasteiger partial charge is 0.387 e. The molecule has 1 aliphatic rings. The Morgan fingerprint density at radius 1 is 0.846 bits per heavy atom. The van der Waals surface area contributed by atoms with Crippen molar-refractivity contribution in [1.82, 2.24) is 19.6 Å². The molecule has 5 aromatic carbocycles. The quantitative estimate of drug-likeness (QED) is 0.115. The summed E-state index contributed by atoms with van der Waals surface area (Å²) in [6, 6.07) is 35.9. The molecule has 268 valence electrons. The van der Waals surface area contributed by atoms with Crippen LogP contribution in [0.3, 0.4) is 0 Å². The van der Waals surface area contributed by atoms with E-state index in [2.05, 4.69) is 39.6 Å². The molecule has 1 aliphatic heterocycles. The average Bonchev–Trinajstić information content (AvgIpc) is 3.72. The number of anilines is 1. The molecule has 0 spiro atoms. The van der Waals surface area contributed by atoms with Crippen LogP contribution in [0.25, 0.3) is 21.8 Å². The fourth-order valence-electron chi connectivity index (χ4n) is 6.84. The molecule has 0 saturated carbocycles. The monoisotopic (exact) mass is 719 g/mol. The van der Waals surface area contributed by atoms with Crippen molar-refractivity contribution >= 4 is 43.4 Å². The summed E-state index contributed by atoms with van der Waals surface area (Å²) >= 11 is 0. The third kappa shape index (κ3) is 7.03. The van der Waals surface area contributed by atoms with Gasteiger partial charge in [-0.05, 0) is 65.6 Å². The van der Waals surface area contributed by atoms with Crippen LogP contribution in [0.15, 0.2) is 126 Å². The van der Waals surface area contributed by atoms with Gasteiger partial charge in [0.25, 0.3) is 5.91 Å². The van der Waals surface area contributed by atoms with E-state index < -0.39 is 46.5 Å². The van der Waals surface area contributed by atoms with Crippen molar-refractivity contribution in [2.45, 2.75) is 55.2 Å². The van der Waals surface area contributed by atoms with Crippen molar-refractivity contribution in [2.24, 2.45) is 0 Å². The number of sulfonamides is 1. The maximum atomic E-state index is 13.7. The number of likely N-dealkylation sites (N-methyl/N-ethyl adjacent to an activating group) is 1. The Bertz CT molecular complexity index is 2260. The van der Waals surface area contributed by atoms with Gasteiger partial charge < -0.3 is 30.2 Å². The number of rotatable bonds is 12. The normalized spacial score (nSPS) is 19.6. The van der Waals surface area contributed by atoms with E-state index in [0.717, 1.165) is 21.9 Å². The van der Waals surface area contributed by atoms with Gasteiger partial charge in [-0.25, -0.2) is 18.1 Å². The third-order valence-electron chi connectivity index (χ3n) is 9.59. The second kappa shape index (κ2) is 14.9. The molecule has 1 saturated heterocycles. The van der Waals surface area contributed by atoms with Crippen LogP contribution in [-0.2, 0) is 19.6 Å². The zero-order chi connectivity index (χ0) is 36.4. The third-order valence-corrected chi connectivity index (χ3v) is 11.1. The van der Waals surface area contributed by atoms with Gasteiger partial charge in [-0.15, -0.1) is 0 Å². The first-order valence-corrected chi connectivity index (χ1v) is 18.8. The summed E-state index contributed by atoms with van der Waals surface area (Å²) in [5.41, 5.74) is 4.53. The van der Waals surface area contributed by atoms with Crippen molar-refractivity contribution in [3.8, 4) is 0 Å². The van der Waals surface area contributed by atoms with E-state index in [4.69, 9.17) is 9.72 Å². The molecular formula is C40H41N5O6S. The van der Waals surface area contributed by atoms with E-state index in [1.165, 1.54) is 6.33 Å². The van der Waals surface area contributed by atoms with Crippen molar-refractivity contribution < 1.29 is 28.2 Å². The standard InChI is InChI=1S/C40H41N5O6S/c1-3-41-39(48)38-36(46)37(47)40(51-38)45-24-43-35-33(42-23-32(27-13-6-4-7-14-27)28-15-8-5-9-16-28)21-30(22-34(35)45)25(2)44-52(49,50)31-19-18-26-12-10-11-17-29(26)20-31/h4-22,24-25,32,36-38,40,42,44,46-47H,3,23H2,1-2H3,(H,41,48)/t25?,36-,37+,38-,40+/m0/s1. The summed E-state index contributed by atoms with van der Waals surface area (Å²) in [7, 11) is -3.95. The average molecular weight is 720 g/mol. The van der Waals surface area contributed by atoms with E-state index in [1.807, 2.05) is 66.7 Å². The molecule has 12 heteroatoms. The molecule has 6 aromatic rings. The minimum Gasteiger partial charge on any atom is -0.387 e. The number of ether oxygens (including phenoxy) is 1. The lowest BCUT2D eigenvalue weighted by molar-refractivity contribution is -0.137. The smallest absolute Gasteiger partial charge is 0.252 e. The number of fused-ring (bicyclic) bond motifs is 2. The highest BCUT2D eigenvalue weighted by atomic mass is 32.2. The Labute approximate surface area is 302 Å². The zero-order valence-electron chi connectivity index (χ0n) is 28.8. The van der Waals surface area contributed by atoms with Crippen molar-refractivity contribution in [3.63, 3.8) is 0 Å². The first-order chi connectivity index (χ1) is 25.1. The molecule has 1 aromatic heterocycles. The summed E-state index contributed by atoms with van der Waals surface area (Å²) in [5, 5.41) is 29.9. The number of nitrogens with zero attached hydrogens (tertiary/aromatic N) is 2. The van der Waals surface area contributed by atoms with Crippen molar-refractivity contribution in [1.29, 1.82) is 0 Å². The molecule has 7 rings (SSSR count). The highest BCUT2D eigenvalue weighted by molar-refractivity contribution is 7.89. The van der Waals surface area contributed by atoms with Crippen LogP contribution in [0.4, 0.5) is 5.69 Å². The van der Waals surface area contributed by atoms with Crippen LogP contribution in [0.2, 0.25) is 0 Å². The lowest BCUT2D eigenvalue weighted by atomic mass is 9.91. The summed E-state index contributed by atoms with van der Waals surface area (Å²) in [5.74, 6) is -0.561. The molecule has 52 heavy (non-hydrogen) atoms. The van der Waals surface area contributed by atoms with Gasteiger partial charge in [0.15, 0.2) is 12.3 Å². The Morgan fingerprint density at radius 2 is 1.50 bits per heavy atom. The molecular weight excluding hydrogens is 679 g/mol. The summed E-state index contributed by atoms with van der Waals surface area (Å²) in [4.78, 5) is 17.5. The molecule has 0 aliphatic carbocycles. The highest BCUT2D eigenvalue weighted by Gasteiger charge is 2.47. The number of carbonyl (C=O) groups is 1. The van der Waals surface area contributed by atoms with Gasteiger partial charge in [-0.2, -0.15) is 0 Å². The molecule has 0 bridgehead atoms. The Morgan fingerprint density at radius 3 is 2.17 bits per heavy atom. The van der Waals surface area contributed by atoms with Gasteiger partial charge in [0.05, 0.1) is 22.4 Å². The van der Waals surface area contributed by atoms with Gasteiger partial charge in [-0.3, -0.25) is 4.79 Å². The van der Waals surface area contributed by atoms with Gasteiger partial charge in [0.1, 0.15) is 17.7 Å². The number of amides is 1. The van der Waals surface area contributed by atoms with Crippen LogP contribution in [0, 0.1) is 0 Å². The molecule has 5 atom stereocenters. The van der Waals surface area contributed by atoms with E-state index in [1.54, 1.807) is 42.7 Å². The van der Waals surface area contributed by atoms with Crippen LogP contribution in [0.1, 0.15) is 48.7 Å². The van der Waals surface area contributed by atoms with Gasteiger partial charge in [0, 0.05) is 25.0 Å². The van der Waals surface area contributed by atoms with Crippen molar-refractivity contribution in [2.75, 3.05) is 18.4 Å². The summed E-state index contributed by atoms with van der Waals surface area (Å²) in [6.45, 7) is 4.33. The molecule has 5 N–H and O–H groups in total. The van der Waals surface area contributed by atoms with Crippen molar-refractivity contribution in [3.05, 3.63) is 138 Å². The topological polar surface area (TPSA) is 155 Å². The van der Waals surface area contributed by atoms with Crippen LogP contribution >= 0.6 is 0 Å². The van der Waals surface area contributed by atoms with E-state index in [0.29, 0.717) is 35.4 Å². The molecule has 0 radical (unpaired) electrons. The van der Waals surface area contributed by atoms with E-state index in [9.17, 15) is 23.4 Å². The first-order valence-electron chi connectivity index (χ1n) is 17.3. The number of aliphatic hydroxyl groups is 2. The SMILES string of the molecule is CCNC(=O)[C@H]1O[C@@H](n2cnc3c(NCC(c4ccccc4)c4ccccc4)cc(C(C)NS(=O)(=O)c4ccc5ccccc5c4)cc32)[C@H](O)[C@@H]1O. The molecule has 2 heterocycles. The Kier molecular flexibility index (Phi) is 10.1.